The molecule has 0 heterocycles. The molecular formula is C8H13NS. The number of hydrogen-bond donors (Lipinski definition) is 0. The summed E-state index contributed by atoms with van der Waals surface area (Å²) in [4.78, 5) is 3.99. The van der Waals surface area contributed by atoms with Crippen molar-refractivity contribution in [1.29, 1.82) is 0 Å². The monoisotopic (exact) mass is 155 g/mol. The van der Waals surface area contributed by atoms with Crippen molar-refractivity contribution in [3.05, 3.63) is 0 Å². The molecule has 0 atom stereocenters. The van der Waals surface area contributed by atoms with Crippen LogP contribution in [-0.4, -0.2) is 11.7 Å². The second-order valence-electron chi connectivity index (χ2n) is 3.43. The lowest BCUT2D eigenvalue weighted by molar-refractivity contribution is 0.352. The molecule has 0 radical (unpaired) electrons. The van der Waals surface area contributed by atoms with Gasteiger partial charge in [0, 0.05) is 0 Å². The van der Waals surface area contributed by atoms with Crippen molar-refractivity contribution in [2.75, 3.05) is 6.54 Å². The molecular weight excluding hydrogens is 142 g/mol. The molecule has 0 aromatic heterocycles. The first kappa shape index (κ1) is 7.90. The summed E-state index contributed by atoms with van der Waals surface area (Å²) in [6, 6.07) is 0. The van der Waals surface area contributed by atoms with Crippen LogP contribution in [0.3, 0.4) is 0 Å². The summed E-state index contributed by atoms with van der Waals surface area (Å²) in [5, 5.41) is 2.43. The van der Waals surface area contributed by atoms with Gasteiger partial charge in [-0.15, -0.1) is 0 Å². The van der Waals surface area contributed by atoms with Gasteiger partial charge in [-0.1, -0.05) is 19.8 Å². The standard InChI is InChI=1S/C8H13NS/c1-8(6-9-7-10)4-2-3-5-8/h2-6H2,1H3. The Morgan fingerprint density at radius 3 is 2.60 bits per heavy atom. The molecule has 0 bridgehead atoms. The highest BCUT2D eigenvalue weighted by Crippen LogP contribution is 2.37. The Morgan fingerprint density at radius 2 is 2.10 bits per heavy atom. The van der Waals surface area contributed by atoms with E-state index in [1.807, 2.05) is 0 Å². The van der Waals surface area contributed by atoms with Gasteiger partial charge in [0.05, 0.1) is 11.7 Å². The van der Waals surface area contributed by atoms with Crippen molar-refractivity contribution in [2.24, 2.45) is 10.4 Å². The molecule has 10 heavy (non-hydrogen) atoms. The molecule has 0 N–H and O–H groups in total. The lowest BCUT2D eigenvalue weighted by Gasteiger charge is -2.18. The van der Waals surface area contributed by atoms with Gasteiger partial charge in [-0.2, -0.15) is 0 Å². The summed E-state index contributed by atoms with van der Waals surface area (Å²) in [5.41, 5.74) is 0.450. The molecule has 1 aliphatic carbocycles. The fourth-order valence-corrected chi connectivity index (χ4v) is 1.67. The number of nitrogens with zero attached hydrogens (tertiary/aromatic N) is 1. The molecule has 0 saturated heterocycles. The predicted octanol–water partition coefficient (Wildman–Crippen LogP) is 2.67. The zero-order valence-electron chi connectivity index (χ0n) is 6.39. The molecule has 0 aromatic carbocycles. The van der Waals surface area contributed by atoms with E-state index in [1.54, 1.807) is 0 Å². The van der Waals surface area contributed by atoms with E-state index in [0.29, 0.717) is 5.41 Å². The normalized spacial score (nSPS) is 22.1. The Balaban J connectivity index is 2.42. The molecule has 1 saturated carbocycles. The third kappa shape index (κ3) is 1.89. The molecule has 0 unspecified atom stereocenters. The molecule has 0 aliphatic heterocycles. The summed E-state index contributed by atoms with van der Waals surface area (Å²) >= 11 is 4.52. The highest BCUT2D eigenvalue weighted by Gasteiger charge is 2.27. The zero-order chi connectivity index (χ0) is 7.45. The second kappa shape index (κ2) is 3.27. The summed E-state index contributed by atoms with van der Waals surface area (Å²) in [6.45, 7) is 3.17. The van der Waals surface area contributed by atoms with Gasteiger partial charge >= 0.3 is 0 Å². The third-order valence-corrected chi connectivity index (χ3v) is 2.47. The smallest absolute Gasteiger partial charge is 0.0585 e. The second-order valence-corrected chi connectivity index (χ2v) is 3.61. The van der Waals surface area contributed by atoms with Gasteiger partial charge < -0.3 is 0 Å². The first-order chi connectivity index (χ1) is 4.77. The van der Waals surface area contributed by atoms with Crippen LogP contribution in [-0.2, 0) is 0 Å². The molecule has 0 aromatic rings. The summed E-state index contributed by atoms with van der Waals surface area (Å²) in [6.07, 6.45) is 5.36. The van der Waals surface area contributed by atoms with Crippen molar-refractivity contribution in [3.8, 4) is 0 Å². The van der Waals surface area contributed by atoms with Crippen LogP contribution < -0.4 is 0 Å². The first-order valence-electron chi connectivity index (χ1n) is 3.80. The molecule has 0 amide bonds. The minimum absolute atomic E-state index is 0.450. The average Bonchev–Trinajstić information content (AvgIpc) is 2.33. The summed E-state index contributed by atoms with van der Waals surface area (Å²) in [5.74, 6) is 0. The molecule has 56 valence electrons. The van der Waals surface area contributed by atoms with Crippen LogP contribution in [0.15, 0.2) is 4.99 Å². The Labute approximate surface area is 67.5 Å². The Morgan fingerprint density at radius 1 is 1.50 bits per heavy atom. The Kier molecular flexibility index (Phi) is 2.58. The van der Waals surface area contributed by atoms with Gasteiger partial charge in [0.25, 0.3) is 0 Å². The summed E-state index contributed by atoms with van der Waals surface area (Å²) in [7, 11) is 0. The lowest BCUT2D eigenvalue weighted by atomic mass is 9.89. The van der Waals surface area contributed by atoms with E-state index >= 15 is 0 Å². The van der Waals surface area contributed by atoms with Crippen LogP contribution in [0.2, 0.25) is 0 Å². The molecule has 1 nitrogen and oxygen atoms in total. The summed E-state index contributed by atoms with van der Waals surface area (Å²) < 4.78 is 0. The van der Waals surface area contributed by atoms with Crippen LogP contribution in [0, 0.1) is 5.41 Å². The average molecular weight is 155 g/mol. The molecule has 2 heteroatoms. The molecule has 1 rings (SSSR count). The van der Waals surface area contributed by atoms with Crippen LogP contribution in [0.1, 0.15) is 32.6 Å². The van der Waals surface area contributed by atoms with E-state index in [4.69, 9.17) is 0 Å². The topological polar surface area (TPSA) is 12.4 Å². The first-order valence-corrected chi connectivity index (χ1v) is 4.21. The number of thiocarbonyl (C=S) groups is 1. The number of rotatable bonds is 2. The SMILES string of the molecule is CC1(CN=C=S)CCCC1. The van der Waals surface area contributed by atoms with E-state index in [-0.39, 0.29) is 0 Å². The largest absolute Gasteiger partial charge is 0.232 e. The fourth-order valence-electron chi connectivity index (χ4n) is 1.61. The van der Waals surface area contributed by atoms with Crippen LogP contribution in [0.25, 0.3) is 0 Å². The maximum atomic E-state index is 4.52. The third-order valence-electron chi connectivity index (χ3n) is 2.34. The number of hydrogen-bond acceptors (Lipinski definition) is 2. The van der Waals surface area contributed by atoms with E-state index in [9.17, 15) is 0 Å². The minimum atomic E-state index is 0.450. The molecule has 0 spiro atoms. The Bertz CT molecular complexity index is 153. The lowest BCUT2D eigenvalue weighted by Crippen LogP contribution is -2.14. The fraction of sp³-hybridized carbons (Fsp3) is 0.875. The van der Waals surface area contributed by atoms with E-state index < -0.39 is 0 Å². The van der Waals surface area contributed by atoms with Gasteiger partial charge in [-0.05, 0) is 30.5 Å². The van der Waals surface area contributed by atoms with Crippen LogP contribution in [0.5, 0.6) is 0 Å². The van der Waals surface area contributed by atoms with E-state index in [2.05, 4.69) is 29.3 Å². The maximum absolute atomic E-state index is 4.52. The van der Waals surface area contributed by atoms with E-state index in [0.717, 1.165) is 6.54 Å². The minimum Gasteiger partial charge on any atom is -0.232 e. The van der Waals surface area contributed by atoms with Gasteiger partial charge in [0.2, 0.25) is 0 Å². The van der Waals surface area contributed by atoms with Crippen LogP contribution >= 0.6 is 12.2 Å². The quantitative estimate of drug-likeness (QED) is 0.441. The van der Waals surface area contributed by atoms with Crippen molar-refractivity contribution in [1.82, 2.24) is 0 Å². The molecule has 1 fully saturated rings. The maximum Gasteiger partial charge on any atom is 0.0585 e. The highest BCUT2D eigenvalue weighted by atomic mass is 32.1. The highest BCUT2D eigenvalue weighted by molar-refractivity contribution is 7.78. The molecule has 1 aliphatic rings. The predicted molar refractivity (Wildman–Crippen MR) is 46.5 cm³/mol. The van der Waals surface area contributed by atoms with Crippen molar-refractivity contribution < 1.29 is 0 Å². The van der Waals surface area contributed by atoms with E-state index in [1.165, 1.54) is 25.7 Å². The van der Waals surface area contributed by atoms with Gasteiger partial charge in [-0.25, -0.2) is 4.99 Å². The van der Waals surface area contributed by atoms with Gasteiger partial charge in [0.15, 0.2) is 0 Å². The van der Waals surface area contributed by atoms with Crippen LogP contribution in [0.4, 0.5) is 0 Å². The zero-order valence-corrected chi connectivity index (χ0v) is 7.21. The van der Waals surface area contributed by atoms with Gasteiger partial charge in [0.1, 0.15) is 0 Å². The number of aliphatic imine (C=N–C) groups is 1. The number of isothiocyanates is 1. The van der Waals surface area contributed by atoms with Crippen molar-refractivity contribution in [3.63, 3.8) is 0 Å². The van der Waals surface area contributed by atoms with Crippen molar-refractivity contribution >= 4 is 17.4 Å². The Hall–Kier alpha value is -0.200. The van der Waals surface area contributed by atoms with Crippen molar-refractivity contribution in [2.45, 2.75) is 32.6 Å². The van der Waals surface area contributed by atoms with Gasteiger partial charge in [-0.3, -0.25) is 0 Å².